The topological polar surface area (TPSA) is 87.7 Å². The van der Waals surface area contributed by atoms with Crippen molar-refractivity contribution in [1.82, 2.24) is 10.6 Å². The lowest BCUT2D eigenvalue weighted by Gasteiger charge is -2.16. The van der Waals surface area contributed by atoms with Gasteiger partial charge in [-0.1, -0.05) is 27.7 Å². The van der Waals surface area contributed by atoms with Crippen molar-refractivity contribution in [3.05, 3.63) is 0 Å². The average molecular weight is 284 g/mol. The van der Waals surface area contributed by atoms with Crippen molar-refractivity contribution >= 4 is 12.0 Å². The van der Waals surface area contributed by atoms with Crippen molar-refractivity contribution in [2.45, 2.75) is 33.7 Å². The summed E-state index contributed by atoms with van der Waals surface area (Å²) in [5, 5.41) is 14.5. The molecule has 0 radical (unpaired) electrons. The predicted molar refractivity (Wildman–Crippen MR) is 73.3 cm³/mol. The molecule has 0 bridgehead atoms. The van der Waals surface area contributed by atoms with Gasteiger partial charge in [0.15, 0.2) is 0 Å². The number of hydrogen-bond acceptors (Lipinski definition) is 3. The summed E-state index contributed by atoms with van der Waals surface area (Å²) < 4.78 is 5.11. The summed E-state index contributed by atoms with van der Waals surface area (Å²) in [5.41, 5.74) is 0.445. The van der Waals surface area contributed by atoms with Gasteiger partial charge in [-0.25, -0.2) is 4.79 Å². The molecule has 0 spiro atoms. The minimum atomic E-state index is -0.933. The van der Waals surface area contributed by atoms with Gasteiger partial charge in [-0.15, -0.1) is 0 Å². The average Bonchev–Trinajstić information content (AvgIpc) is 2.70. The van der Waals surface area contributed by atoms with Crippen LogP contribution in [0.5, 0.6) is 0 Å². The van der Waals surface area contributed by atoms with Crippen molar-refractivity contribution in [1.29, 1.82) is 0 Å². The molecule has 2 unspecified atom stereocenters. The van der Waals surface area contributed by atoms with Crippen LogP contribution in [0.4, 0.5) is 4.79 Å². The zero-order valence-corrected chi connectivity index (χ0v) is 12.5. The standard InChI is InChI=1S/C14H24N2O4/c1-13(2)10(14(13,3)4)5-15-12(19)16-9-7-20-6-8(9)11(17)18/h8-10H,5-7H2,1-4H3,(H,17,18)(H2,15,16,19). The summed E-state index contributed by atoms with van der Waals surface area (Å²) in [6.07, 6.45) is 0. The second-order valence-corrected chi connectivity index (χ2v) is 6.94. The van der Waals surface area contributed by atoms with Gasteiger partial charge < -0.3 is 20.5 Å². The van der Waals surface area contributed by atoms with Gasteiger partial charge >= 0.3 is 12.0 Å². The Kier molecular flexibility index (Phi) is 3.71. The van der Waals surface area contributed by atoms with Crippen molar-refractivity contribution in [2.75, 3.05) is 19.8 Å². The molecule has 2 fully saturated rings. The highest BCUT2D eigenvalue weighted by molar-refractivity contribution is 5.77. The van der Waals surface area contributed by atoms with Crippen LogP contribution in [0.3, 0.4) is 0 Å². The molecule has 6 nitrogen and oxygen atoms in total. The lowest BCUT2D eigenvalue weighted by Crippen LogP contribution is -2.47. The van der Waals surface area contributed by atoms with E-state index in [0.29, 0.717) is 12.5 Å². The van der Waals surface area contributed by atoms with E-state index < -0.39 is 17.9 Å². The van der Waals surface area contributed by atoms with Crippen LogP contribution in [-0.2, 0) is 9.53 Å². The monoisotopic (exact) mass is 284 g/mol. The molecule has 1 saturated carbocycles. The lowest BCUT2D eigenvalue weighted by molar-refractivity contribution is -0.142. The van der Waals surface area contributed by atoms with E-state index in [-0.39, 0.29) is 30.1 Å². The third kappa shape index (κ3) is 2.49. The molecule has 1 aliphatic heterocycles. The summed E-state index contributed by atoms with van der Waals surface area (Å²) in [6.45, 7) is 9.81. The Balaban J connectivity index is 1.78. The summed E-state index contributed by atoms with van der Waals surface area (Å²) in [5.74, 6) is -1.15. The second kappa shape index (κ2) is 4.91. The van der Waals surface area contributed by atoms with Gasteiger partial charge in [-0.3, -0.25) is 4.79 Å². The second-order valence-electron chi connectivity index (χ2n) is 6.94. The zero-order chi connectivity index (χ0) is 15.1. The molecule has 114 valence electrons. The van der Waals surface area contributed by atoms with Gasteiger partial charge in [0, 0.05) is 6.54 Å². The summed E-state index contributed by atoms with van der Waals surface area (Å²) in [6, 6.07) is -0.766. The van der Waals surface area contributed by atoms with Gasteiger partial charge in [0.2, 0.25) is 0 Å². The van der Waals surface area contributed by atoms with Crippen LogP contribution >= 0.6 is 0 Å². The molecule has 3 N–H and O–H groups in total. The van der Waals surface area contributed by atoms with Crippen molar-refractivity contribution in [3.8, 4) is 0 Å². The fourth-order valence-corrected chi connectivity index (χ4v) is 3.20. The fraction of sp³-hybridized carbons (Fsp3) is 0.857. The Labute approximate surface area is 119 Å². The first kappa shape index (κ1) is 15.1. The third-order valence-electron chi connectivity index (χ3n) is 5.50. The molecule has 2 amide bonds. The van der Waals surface area contributed by atoms with Gasteiger partial charge in [0.1, 0.15) is 5.92 Å². The minimum Gasteiger partial charge on any atom is -0.481 e. The molecule has 2 rings (SSSR count). The molecule has 0 aromatic rings. The number of carbonyl (C=O) groups is 2. The predicted octanol–water partition coefficient (Wildman–Crippen LogP) is 1.07. The van der Waals surface area contributed by atoms with Gasteiger partial charge in [-0.2, -0.15) is 0 Å². The van der Waals surface area contributed by atoms with Crippen molar-refractivity contribution in [2.24, 2.45) is 22.7 Å². The SMILES string of the molecule is CC1(C)C(CNC(=O)NC2COCC2C(=O)O)C1(C)C. The molecule has 6 heteroatoms. The van der Waals surface area contributed by atoms with Crippen LogP contribution < -0.4 is 10.6 Å². The number of hydrogen-bond donors (Lipinski definition) is 3. The van der Waals surface area contributed by atoms with Gasteiger partial charge in [0.25, 0.3) is 0 Å². The van der Waals surface area contributed by atoms with E-state index in [1.807, 2.05) is 0 Å². The normalized spacial score (nSPS) is 30.8. The van der Waals surface area contributed by atoms with Crippen LogP contribution in [0.2, 0.25) is 0 Å². The number of carbonyl (C=O) groups excluding carboxylic acids is 1. The first-order valence-electron chi connectivity index (χ1n) is 7.03. The summed E-state index contributed by atoms with van der Waals surface area (Å²) >= 11 is 0. The molecule has 20 heavy (non-hydrogen) atoms. The van der Waals surface area contributed by atoms with E-state index in [4.69, 9.17) is 9.84 Å². The highest BCUT2D eigenvalue weighted by Crippen LogP contribution is 2.67. The first-order valence-corrected chi connectivity index (χ1v) is 7.03. The maximum Gasteiger partial charge on any atom is 0.315 e. The largest absolute Gasteiger partial charge is 0.481 e. The Morgan fingerprint density at radius 1 is 1.20 bits per heavy atom. The van der Waals surface area contributed by atoms with Gasteiger partial charge in [-0.05, 0) is 16.7 Å². The number of ether oxygens (including phenoxy) is 1. The number of urea groups is 1. The Hall–Kier alpha value is -1.30. The zero-order valence-electron chi connectivity index (χ0n) is 12.5. The van der Waals surface area contributed by atoms with Crippen LogP contribution in [-0.4, -0.2) is 42.9 Å². The number of amides is 2. The van der Waals surface area contributed by atoms with Crippen LogP contribution in [0.25, 0.3) is 0 Å². The molecule has 1 aliphatic carbocycles. The van der Waals surface area contributed by atoms with Crippen LogP contribution in [0.15, 0.2) is 0 Å². The quantitative estimate of drug-likeness (QED) is 0.720. The van der Waals surface area contributed by atoms with E-state index >= 15 is 0 Å². The Bertz CT molecular complexity index is 405. The fourth-order valence-electron chi connectivity index (χ4n) is 3.20. The van der Waals surface area contributed by atoms with E-state index in [9.17, 15) is 9.59 Å². The van der Waals surface area contributed by atoms with Gasteiger partial charge in [0.05, 0.1) is 19.3 Å². The summed E-state index contributed by atoms with van der Waals surface area (Å²) in [7, 11) is 0. The third-order valence-corrected chi connectivity index (χ3v) is 5.50. The van der Waals surface area contributed by atoms with Crippen LogP contribution in [0, 0.1) is 22.7 Å². The highest BCUT2D eigenvalue weighted by Gasteiger charge is 2.64. The Morgan fingerprint density at radius 3 is 2.30 bits per heavy atom. The van der Waals surface area contributed by atoms with Crippen LogP contribution in [0.1, 0.15) is 27.7 Å². The molecule has 0 aromatic heterocycles. The van der Waals surface area contributed by atoms with E-state index in [1.54, 1.807) is 0 Å². The number of carboxylic acids is 1. The number of aliphatic carboxylic acids is 1. The number of nitrogens with one attached hydrogen (secondary N) is 2. The Morgan fingerprint density at radius 2 is 1.80 bits per heavy atom. The van der Waals surface area contributed by atoms with Crippen molar-refractivity contribution in [3.63, 3.8) is 0 Å². The molecule has 0 aromatic carbocycles. The van der Waals surface area contributed by atoms with E-state index in [0.717, 1.165) is 0 Å². The molecular formula is C14H24N2O4. The summed E-state index contributed by atoms with van der Waals surface area (Å²) in [4.78, 5) is 22.8. The highest BCUT2D eigenvalue weighted by atomic mass is 16.5. The smallest absolute Gasteiger partial charge is 0.315 e. The number of rotatable bonds is 4. The minimum absolute atomic E-state index is 0.156. The lowest BCUT2D eigenvalue weighted by atomic mass is 10.0. The molecule has 1 saturated heterocycles. The first-order chi connectivity index (χ1) is 9.18. The molecule has 2 atom stereocenters. The maximum absolute atomic E-state index is 11.9. The molecule has 2 aliphatic rings. The van der Waals surface area contributed by atoms with E-state index in [2.05, 4.69) is 38.3 Å². The molecular weight excluding hydrogens is 260 g/mol. The molecule has 1 heterocycles. The number of carboxylic acid groups (broad SMARTS) is 1. The van der Waals surface area contributed by atoms with Crippen molar-refractivity contribution < 1.29 is 19.4 Å². The maximum atomic E-state index is 11.9. The van der Waals surface area contributed by atoms with E-state index in [1.165, 1.54) is 0 Å².